The lowest BCUT2D eigenvalue weighted by Gasteiger charge is -2.49. The Morgan fingerprint density at radius 3 is 1.53 bits per heavy atom. The van der Waals surface area contributed by atoms with Crippen LogP contribution in [0.5, 0.6) is 0 Å². The van der Waals surface area contributed by atoms with Gasteiger partial charge in [-0.2, -0.15) is 0 Å². The Morgan fingerprint density at radius 2 is 1.33 bits per heavy atom. The Hall–Kier alpha value is 0.240. The summed E-state index contributed by atoms with van der Waals surface area (Å²) in [5.74, 6) is 0. The molecular formula is C11H26Cl2N2. The molecule has 0 saturated heterocycles. The van der Waals surface area contributed by atoms with Crippen LogP contribution in [0.25, 0.3) is 0 Å². The largest absolute Gasteiger partial charge is 0.313 e. The second-order valence-electron chi connectivity index (χ2n) is 5.28. The fraction of sp³-hybridized carbons (Fsp3) is 0.818. The molecule has 0 aromatic heterocycles. The smallest absolute Gasteiger partial charge is 0.0665 e. The van der Waals surface area contributed by atoms with Gasteiger partial charge in [0, 0.05) is 5.41 Å². The predicted molar refractivity (Wildman–Crippen MR) is 73.7 cm³/mol. The van der Waals surface area contributed by atoms with Crippen molar-refractivity contribution < 1.29 is 0 Å². The highest BCUT2D eigenvalue weighted by atomic mass is 35.5. The van der Waals surface area contributed by atoms with Gasteiger partial charge < -0.3 is 11.5 Å². The van der Waals surface area contributed by atoms with E-state index in [0.717, 1.165) is 6.42 Å². The summed E-state index contributed by atoms with van der Waals surface area (Å²) < 4.78 is 0. The summed E-state index contributed by atoms with van der Waals surface area (Å²) in [6.07, 6.45) is 2.84. The van der Waals surface area contributed by atoms with Crippen LogP contribution in [0, 0.1) is 10.8 Å². The lowest BCUT2D eigenvalue weighted by atomic mass is 9.60. The maximum Gasteiger partial charge on any atom is 0.0665 e. The first-order valence-corrected chi connectivity index (χ1v) is 4.75. The van der Waals surface area contributed by atoms with Crippen LogP contribution in [-0.4, -0.2) is 5.66 Å². The third-order valence-corrected chi connectivity index (χ3v) is 3.69. The van der Waals surface area contributed by atoms with Gasteiger partial charge in [-0.3, -0.25) is 0 Å². The van der Waals surface area contributed by atoms with Crippen LogP contribution in [0.2, 0.25) is 0 Å². The van der Waals surface area contributed by atoms with Crippen molar-refractivity contribution in [2.75, 3.05) is 0 Å². The topological polar surface area (TPSA) is 52.0 Å². The first-order valence-electron chi connectivity index (χ1n) is 4.75. The summed E-state index contributed by atoms with van der Waals surface area (Å²) in [7, 11) is 0. The normalized spacial score (nSPS) is 12.5. The highest BCUT2D eigenvalue weighted by Gasteiger charge is 2.45. The molecule has 0 aliphatic heterocycles. The van der Waals surface area contributed by atoms with Crippen molar-refractivity contribution in [1.29, 1.82) is 0 Å². The number of hydrogen-bond acceptors (Lipinski definition) is 2. The van der Waals surface area contributed by atoms with E-state index in [1.54, 1.807) is 0 Å². The summed E-state index contributed by atoms with van der Waals surface area (Å²) >= 11 is 0. The van der Waals surface area contributed by atoms with Crippen molar-refractivity contribution in [2.24, 2.45) is 22.3 Å². The monoisotopic (exact) mass is 256 g/mol. The third-order valence-electron chi connectivity index (χ3n) is 3.69. The summed E-state index contributed by atoms with van der Waals surface area (Å²) in [6.45, 7) is 14.2. The van der Waals surface area contributed by atoms with Gasteiger partial charge >= 0.3 is 0 Å². The summed E-state index contributed by atoms with van der Waals surface area (Å²) in [5.41, 5.74) is 11.2. The van der Waals surface area contributed by atoms with Crippen LogP contribution in [-0.2, 0) is 0 Å². The van der Waals surface area contributed by atoms with Crippen LogP contribution in [0.3, 0.4) is 0 Å². The van der Waals surface area contributed by atoms with Crippen molar-refractivity contribution in [2.45, 2.75) is 46.7 Å². The van der Waals surface area contributed by atoms with E-state index in [-0.39, 0.29) is 35.6 Å². The number of hydrogen-bond donors (Lipinski definition) is 2. The van der Waals surface area contributed by atoms with E-state index >= 15 is 0 Å². The lowest BCUT2D eigenvalue weighted by Crippen LogP contribution is -2.62. The van der Waals surface area contributed by atoms with Gasteiger partial charge in [-0.25, -0.2) is 0 Å². The van der Waals surface area contributed by atoms with Crippen LogP contribution in [0.1, 0.15) is 41.0 Å². The maximum absolute atomic E-state index is 5.97. The molecule has 0 heterocycles. The first-order chi connectivity index (χ1) is 5.56. The van der Waals surface area contributed by atoms with Crippen molar-refractivity contribution in [3.8, 4) is 0 Å². The van der Waals surface area contributed by atoms with Crippen LogP contribution < -0.4 is 11.5 Å². The number of halogens is 2. The molecule has 15 heavy (non-hydrogen) atoms. The number of rotatable bonds is 4. The van der Waals surface area contributed by atoms with E-state index in [1.807, 2.05) is 13.0 Å². The molecule has 94 valence electrons. The minimum absolute atomic E-state index is 0. The van der Waals surface area contributed by atoms with Gasteiger partial charge in [0.15, 0.2) is 0 Å². The van der Waals surface area contributed by atoms with Gasteiger partial charge in [-0.05, 0) is 18.8 Å². The Morgan fingerprint density at radius 1 is 1.00 bits per heavy atom. The minimum atomic E-state index is -0.667. The molecule has 0 aliphatic rings. The molecule has 0 fully saturated rings. The fourth-order valence-electron chi connectivity index (χ4n) is 1.35. The van der Waals surface area contributed by atoms with Gasteiger partial charge in [0.2, 0.25) is 0 Å². The SMILES string of the molecule is C=CCC(C)(C)C(C)(C)C(C)(N)N.Cl.Cl. The van der Waals surface area contributed by atoms with E-state index in [4.69, 9.17) is 11.5 Å². The summed E-state index contributed by atoms with van der Waals surface area (Å²) in [6, 6.07) is 0. The Bertz CT molecular complexity index is 193. The number of nitrogens with two attached hydrogens (primary N) is 2. The molecule has 0 bridgehead atoms. The van der Waals surface area contributed by atoms with Gasteiger partial charge in [0.1, 0.15) is 0 Å². The molecule has 4 N–H and O–H groups in total. The van der Waals surface area contributed by atoms with Crippen molar-refractivity contribution >= 4 is 24.8 Å². The summed E-state index contributed by atoms with van der Waals surface area (Å²) in [5, 5.41) is 0. The quantitative estimate of drug-likeness (QED) is 0.600. The maximum atomic E-state index is 5.97. The van der Waals surface area contributed by atoms with Gasteiger partial charge in [-0.15, -0.1) is 31.4 Å². The molecule has 0 spiro atoms. The molecule has 0 radical (unpaired) electrons. The molecule has 4 heteroatoms. The molecule has 0 unspecified atom stereocenters. The third kappa shape index (κ3) is 4.31. The first kappa shape index (κ1) is 20.6. The van der Waals surface area contributed by atoms with E-state index < -0.39 is 5.66 Å². The average Bonchev–Trinajstić information content (AvgIpc) is 1.84. The molecule has 0 aliphatic carbocycles. The van der Waals surface area contributed by atoms with E-state index in [2.05, 4.69) is 34.3 Å². The molecule has 0 aromatic rings. The minimum Gasteiger partial charge on any atom is -0.313 e. The standard InChI is InChI=1S/C11H24N2.2ClH/c1-7-8-9(2,3)10(4,5)11(6,12)13;;/h7H,1,8,12-13H2,2-6H3;2*1H. The Labute approximate surface area is 107 Å². The zero-order chi connectivity index (χ0) is 10.9. The molecular weight excluding hydrogens is 231 g/mol. The van der Waals surface area contributed by atoms with Gasteiger partial charge in [0.05, 0.1) is 5.66 Å². The predicted octanol–water partition coefficient (Wildman–Crippen LogP) is 3.09. The van der Waals surface area contributed by atoms with E-state index in [1.165, 1.54) is 0 Å². The second-order valence-corrected chi connectivity index (χ2v) is 5.28. The molecule has 0 atom stereocenters. The van der Waals surface area contributed by atoms with Crippen molar-refractivity contribution in [1.82, 2.24) is 0 Å². The van der Waals surface area contributed by atoms with E-state index in [0.29, 0.717) is 0 Å². The highest BCUT2D eigenvalue weighted by Crippen LogP contribution is 2.45. The lowest BCUT2D eigenvalue weighted by molar-refractivity contribution is 0.0311. The van der Waals surface area contributed by atoms with Crippen LogP contribution >= 0.6 is 24.8 Å². The van der Waals surface area contributed by atoms with Crippen molar-refractivity contribution in [3.05, 3.63) is 12.7 Å². The fourth-order valence-corrected chi connectivity index (χ4v) is 1.35. The second kappa shape index (κ2) is 6.09. The molecule has 0 aromatic carbocycles. The van der Waals surface area contributed by atoms with Crippen molar-refractivity contribution in [3.63, 3.8) is 0 Å². The zero-order valence-electron chi connectivity index (χ0n) is 10.5. The highest BCUT2D eigenvalue weighted by molar-refractivity contribution is 5.85. The van der Waals surface area contributed by atoms with Gasteiger partial charge in [-0.1, -0.05) is 33.8 Å². The molecule has 0 amide bonds. The van der Waals surface area contributed by atoms with Crippen LogP contribution in [0.15, 0.2) is 12.7 Å². The van der Waals surface area contributed by atoms with Gasteiger partial charge in [0.25, 0.3) is 0 Å². The molecule has 0 rings (SSSR count). The van der Waals surface area contributed by atoms with Crippen LogP contribution in [0.4, 0.5) is 0 Å². The van der Waals surface area contributed by atoms with E-state index in [9.17, 15) is 0 Å². The molecule has 0 saturated carbocycles. The Kier molecular flexibility index (Phi) is 8.38. The average molecular weight is 257 g/mol. The Balaban J connectivity index is -0.000000720. The molecule has 2 nitrogen and oxygen atoms in total. The number of allylic oxidation sites excluding steroid dienone is 1. The summed E-state index contributed by atoms with van der Waals surface area (Å²) in [4.78, 5) is 0. The zero-order valence-corrected chi connectivity index (χ0v) is 12.1.